The van der Waals surface area contributed by atoms with Crippen LogP contribution < -0.4 is 15.4 Å². The molecule has 0 saturated carbocycles. The molecule has 0 aliphatic heterocycles. The number of carbonyl (C=O) groups is 1. The van der Waals surface area contributed by atoms with E-state index in [9.17, 15) is 14.3 Å². The van der Waals surface area contributed by atoms with E-state index >= 15 is 0 Å². The highest BCUT2D eigenvalue weighted by molar-refractivity contribution is 5.99. The molecule has 0 bridgehead atoms. The van der Waals surface area contributed by atoms with Crippen molar-refractivity contribution in [3.8, 4) is 28.4 Å². The van der Waals surface area contributed by atoms with Crippen LogP contribution in [0.4, 0.5) is 20.7 Å². The van der Waals surface area contributed by atoms with Crippen molar-refractivity contribution in [2.24, 2.45) is 0 Å². The van der Waals surface area contributed by atoms with Gasteiger partial charge in [0.1, 0.15) is 29.4 Å². The van der Waals surface area contributed by atoms with Gasteiger partial charge in [-0.05, 0) is 35.9 Å². The molecule has 0 radical (unpaired) electrons. The highest BCUT2D eigenvalue weighted by Crippen LogP contribution is 2.29. The number of hydrogen-bond acceptors (Lipinski definition) is 7. The van der Waals surface area contributed by atoms with Crippen molar-refractivity contribution in [1.82, 2.24) is 19.9 Å². The van der Waals surface area contributed by atoms with Gasteiger partial charge in [-0.1, -0.05) is 38.1 Å². The van der Waals surface area contributed by atoms with E-state index in [1.807, 2.05) is 26.8 Å². The second-order valence-electron chi connectivity index (χ2n) is 10.0. The standard InChI is InChI=1S/C29H27FN6O4/c1-29(2,3)26-14-27(36(35-26)20-6-4-5-18(11-20)16-37)34-28(38)33-24-8-7-21(12-23(24)30)40-22-9-10-31-25(13-22)19-15-32-39-17-19/h4-15,17,37H,16H2,1-3H3,(H2,33,34,38). The topological polar surface area (TPSA) is 127 Å². The number of benzene rings is 2. The third kappa shape index (κ3) is 6.00. The first kappa shape index (κ1) is 26.6. The summed E-state index contributed by atoms with van der Waals surface area (Å²) in [6.45, 7) is 5.89. The number of aliphatic hydroxyl groups excluding tert-OH is 1. The molecule has 0 fully saturated rings. The lowest BCUT2D eigenvalue weighted by molar-refractivity contribution is 0.262. The Bertz CT molecular complexity index is 1640. The van der Waals surface area contributed by atoms with Crippen LogP contribution in [-0.2, 0) is 12.0 Å². The van der Waals surface area contributed by atoms with E-state index in [2.05, 4.69) is 25.9 Å². The Kier molecular flexibility index (Phi) is 7.30. The Morgan fingerprint density at radius 2 is 1.90 bits per heavy atom. The number of anilines is 2. The first-order chi connectivity index (χ1) is 19.2. The number of rotatable bonds is 7. The van der Waals surface area contributed by atoms with Crippen molar-refractivity contribution in [2.45, 2.75) is 32.8 Å². The van der Waals surface area contributed by atoms with Gasteiger partial charge in [-0.15, -0.1) is 0 Å². The summed E-state index contributed by atoms with van der Waals surface area (Å²) < 4.78 is 27.2. The normalized spacial score (nSPS) is 11.3. The van der Waals surface area contributed by atoms with Crippen LogP contribution in [0, 0.1) is 5.82 Å². The Labute approximate surface area is 229 Å². The van der Waals surface area contributed by atoms with Crippen LogP contribution >= 0.6 is 0 Å². The average molecular weight is 543 g/mol. The molecular formula is C29H27FN6O4. The molecule has 2 aromatic carbocycles. The number of aromatic nitrogens is 4. The van der Waals surface area contributed by atoms with Crippen molar-refractivity contribution in [3.63, 3.8) is 0 Å². The smallest absolute Gasteiger partial charge is 0.324 e. The maximum absolute atomic E-state index is 14.9. The van der Waals surface area contributed by atoms with Crippen LogP contribution in [0.15, 0.2) is 83.8 Å². The van der Waals surface area contributed by atoms with Gasteiger partial charge in [-0.25, -0.2) is 13.9 Å². The molecule has 11 heteroatoms. The minimum Gasteiger partial charge on any atom is -0.457 e. The molecule has 0 aliphatic carbocycles. The molecule has 204 valence electrons. The zero-order chi connectivity index (χ0) is 28.3. The highest BCUT2D eigenvalue weighted by atomic mass is 19.1. The molecule has 2 amide bonds. The number of halogens is 1. The van der Waals surface area contributed by atoms with Crippen LogP contribution in [0.5, 0.6) is 11.5 Å². The first-order valence-corrected chi connectivity index (χ1v) is 12.4. The molecule has 0 aliphatic rings. The van der Waals surface area contributed by atoms with Crippen LogP contribution in [0.25, 0.3) is 16.9 Å². The van der Waals surface area contributed by atoms with E-state index in [-0.39, 0.29) is 23.5 Å². The second-order valence-corrected chi connectivity index (χ2v) is 10.0. The van der Waals surface area contributed by atoms with Gasteiger partial charge in [-0.3, -0.25) is 10.3 Å². The summed E-state index contributed by atoms with van der Waals surface area (Å²) in [6, 6.07) is 15.7. The SMILES string of the molecule is CC(C)(C)c1cc(NC(=O)Nc2ccc(Oc3ccnc(-c4cnoc4)c3)cc2F)n(-c2cccc(CO)c2)n1. The maximum atomic E-state index is 14.9. The molecule has 40 heavy (non-hydrogen) atoms. The second kappa shape index (κ2) is 11.0. The van der Waals surface area contributed by atoms with Crippen LogP contribution in [-0.4, -0.2) is 31.1 Å². The lowest BCUT2D eigenvalue weighted by Gasteiger charge is -2.14. The molecule has 3 heterocycles. The van der Waals surface area contributed by atoms with Gasteiger partial charge in [0.15, 0.2) is 0 Å². The van der Waals surface area contributed by atoms with Gasteiger partial charge in [0.25, 0.3) is 0 Å². The minimum atomic E-state index is -0.680. The lowest BCUT2D eigenvalue weighted by atomic mass is 9.92. The zero-order valence-electron chi connectivity index (χ0n) is 22.1. The Balaban J connectivity index is 1.32. The van der Waals surface area contributed by atoms with E-state index in [4.69, 9.17) is 9.26 Å². The van der Waals surface area contributed by atoms with Crippen LogP contribution in [0.3, 0.4) is 0 Å². The summed E-state index contributed by atoms with van der Waals surface area (Å²) in [6.07, 6.45) is 4.55. The summed E-state index contributed by atoms with van der Waals surface area (Å²) in [5, 5.41) is 23.2. The number of ether oxygens (including phenoxy) is 1. The summed E-state index contributed by atoms with van der Waals surface area (Å²) >= 11 is 0. The van der Waals surface area contributed by atoms with Crippen molar-refractivity contribution in [2.75, 3.05) is 10.6 Å². The van der Waals surface area contributed by atoms with E-state index in [0.717, 1.165) is 5.69 Å². The van der Waals surface area contributed by atoms with E-state index in [1.54, 1.807) is 53.3 Å². The fourth-order valence-electron chi connectivity index (χ4n) is 3.85. The number of nitrogens with zero attached hydrogens (tertiary/aromatic N) is 4. The Morgan fingerprint density at radius 3 is 2.62 bits per heavy atom. The predicted octanol–water partition coefficient (Wildman–Crippen LogP) is 6.29. The van der Waals surface area contributed by atoms with Crippen molar-refractivity contribution >= 4 is 17.5 Å². The molecule has 3 N–H and O–H groups in total. The third-order valence-electron chi connectivity index (χ3n) is 5.94. The molecule has 0 spiro atoms. The van der Waals surface area contributed by atoms with Gasteiger partial charge in [0.05, 0.1) is 41.1 Å². The summed E-state index contributed by atoms with van der Waals surface area (Å²) in [5.41, 5.74) is 3.05. The highest BCUT2D eigenvalue weighted by Gasteiger charge is 2.22. The summed E-state index contributed by atoms with van der Waals surface area (Å²) in [5.74, 6) is 0.388. The van der Waals surface area contributed by atoms with Gasteiger partial charge in [0.2, 0.25) is 0 Å². The number of amides is 2. The molecule has 0 atom stereocenters. The quantitative estimate of drug-likeness (QED) is 0.221. The Hall–Kier alpha value is -5.03. The van der Waals surface area contributed by atoms with Crippen LogP contribution in [0.2, 0.25) is 0 Å². The monoisotopic (exact) mass is 542 g/mol. The fourth-order valence-corrected chi connectivity index (χ4v) is 3.85. The molecular weight excluding hydrogens is 515 g/mol. The number of carbonyl (C=O) groups excluding carboxylic acids is 1. The summed E-state index contributed by atoms with van der Waals surface area (Å²) in [7, 11) is 0. The van der Waals surface area contributed by atoms with Crippen LogP contribution in [0.1, 0.15) is 32.0 Å². The summed E-state index contributed by atoms with van der Waals surface area (Å²) in [4.78, 5) is 17.1. The maximum Gasteiger partial charge on any atom is 0.324 e. The van der Waals surface area contributed by atoms with Gasteiger partial charge in [0, 0.05) is 29.8 Å². The van der Waals surface area contributed by atoms with E-state index in [0.29, 0.717) is 34.1 Å². The zero-order valence-corrected chi connectivity index (χ0v) is 22.1. The third-order valence-corrected chi connectivity index (χ3v) is 5.94. The molecule has 5 aromatic rings. The van der Waals surface area contributed by atoms with Gasteiger partial charge < -0.3 is 19.7 Å². The van der Waals surface area contributed by atoms with Gasteiger partial charge >= 0.3 is 6.03 Å². The molecule has 5 rings (SSSR count). The number of hydrogen-bond donors (Lipinski definition) is 3. The molecule has 0 saturated heterocycles. The minimum absolute atomic E-state index is 0.0332. The van der Waals surface area contributed by atoms with E-state index < -0.39 is 11.8 Å². The number of aliphatic hydroxyl groups is 1. The average Bonchev–Trinajstić information content (AvgIpc) is 3.61. The lowest BCUT2D eigenvalue weighted by Crippen LogP contribution is -2.22. The van der Waals surface area contributed by atoms with Crippen molar-refractivity contribution < 1.29 is 23.6 Å². The molecule has 0 unspecified atom stereocenters. The first-order valence-electron chi connectivity index (χ1n) is 12.4. The van der Waals surface area contributed by atoms with Gasteiger partial charge in [-0.2, -0.15) is 5.10 Å². The largest absolute Gasteiger partial charge is 0.457 e. The van der Waals surface area contributed by atoms with Crippen molar-refractivity contribution in [3.05, 3.63) is 96.4 Å². The molecule has 3 aromatic heterocycles. The Morgan fingerprint density at radius 1 is 1.07 bits per heavy atom. The fraction of sp³-hybridized carbons (Fsp3) is 0.172. The number of nitrogens with one attached hydrogen (secondary N) is 2. The molecule has 10 nitrogen and oxygen atoms in total. The van der Waals surface area contributed by atoms with E-state index in [1.165, 1.54) is 24.6 Å². The number of urea groups is 1. The number of pyridine rings is 1. The predicted molar refractivity (Wildman–Crippen MR) is 147 cm³/mol. The van der Waals surface area contributed by atoms with Crippen molar-refractivity contribution in [1.29, 1.82) is 0 Å².